The first-order chi connectivity index (χ1) is 6.69. The Bertz CT molecular complexity index is 367. The summed E-state index contributed by atoms with van der Waals surface area (Å²) in [4.78, 5) is 10.7. The highest BCUT2D eigenvalue weighted by Gasteiger charge is 2.32. The van der Waals surface area contributed by atoms with E-state index >= 15 is 0 Å². The summed E-state index contributed by atoms with van der Waals surface area (Å²) >= 11 is 0. The van der Waals surface area contributed by atoms with E-state index in [9.17, 15) is 4.79 Å². The molecule has 0 aromatic heterocycles. The number of carbonyl (C=O) groups is 1. The van der Waals surface area contributed by atoms with Gasteiger partial charge in [-0.1, -0.05) is 26.0 Å². The van der Waals surface area contributed by atoms with Gasteiger partial charge in [0.25, 0.3) is 0 Å². The number of carbonyl (C=O) groups excluding carboxylic acids is 1. The number of aryl methyl sites for hydroxylation is 1. The molecule has 1 nitrogen and oxygen atoms in total. The molecule has 1 aliphatic carbocycles. The summed E-state index contributed by atoms with van der Waals surface area (Å²) in [5.41, 5.74) is 3.93. The lowest BCUT2D eigenvalue weighted by atomic mass is 9.81. The SMILES string of the molecule is CCC1(C)CCc2ccc(C=O)cc21. The lowest BCUT2D eigenvalue weighted by Crippen LogP contribution is -2.16. The molecule has 0 saturated carbocycles. The Hall–Kier alpha value is -1.11. The Morgan fingerprint density at radius 2 is 2.29 bits per heavy atom. The third-order valence-corrected chi connectivity index (χ3v) is 3.65. The number of fused-ring (bicyclic) bond motifs is 1. The molecule has 0 radical (unpaired) electrons. The number of hydrogen-bond donors (Lipinski definition) is 0. The Labute approximate surface area is 85.1 Å². The van der Waals surface area contributed by atoms with Crippen LogP contribution in [0, 0.1) is 0 Å². The first kappa shape index (κ1) is 9.45. The molecule has 0 fully saturated rings. The van der Waals surface area contributed by atoms with E-state index in [1.165, 1.54) is 24.0 Å². The summed E-state index contributed by atoms with van der Waals surface area (Å²) in [6.45, 7) is 4.52. The summed E-state index contributed by atoms with van der Waals surface area (Å²) in [5, 5.41) is 0. The van der Waals surface area contributed by atoms with Crippen LogP contribution in [0.3, 0.4) is 0 Å². The molecule has 1 aromatic carbocycles. The minimum absolute atomic E-state index is 0.300. The molecule has 0 aliphatic heterocycles. The molecule has 0 amide bonds. The molecule has 14 heavy (non-hydrogen) atoms. The van der Waals surface area contributed by atoms with Gasteiger partial charge in [-0.05, 0) is 41.9 Å². The maximum absolute atomic E-state index is 10.7. The standard InChI is InChI=1S/C13H16O/c1-3-13(2)7-6-11-5-4-10(9-14)8-12(11)13/h4-5,8-9H,3,6-7H2,1-2H3. The normalized spacial score (nSPS) is 24.7. The Morgan fingerprint density at radius 1 is 1.50 bits per heavy atom. The topological polar surface area (TPSA) is 17.1 Å². The van der Waals surface area contributed by atoms with Crippen LogP contribution in [0.25, 0.3) is 0 Å². The Balaban J connectivity index is 2.52. The van der Waals surface area contributed by atoms with Gasteiger partial charge in [-0.3, -0.25) is 4.79 Å². The minimum atomic E-state index is 0.300. The molecule has 1 heteroatoms. The predicted octanol–water partition coefficient (Wildman–Crippen LogP) is 3.11. The van der Waals surface area contributed by atoms with Crippen molar-refractivity contribution in [2.45, 2.75) is 38.5 Å². The van der Waals surface area contributed by atoms with E-state index in [0.717, 1.165) is 18.3 Å². The van der Waals surface area contributed by atoms with Crippen LogP contribution in [0.15, 0.2) is 18.2 Å². The maximum Gasteiger partial charge on any atom is 0.150 e. The van der Waals surface area contributed by atoms with Crippen LogP contribution < -0.4 is 0 Å². The molecule has 1 atom stereocenters. The zero-order valence-corrected chi connectivity index (χ0v) is 8.84. The molecule has 1 aliphatic rings. The van der Waals surface area contributed by atoms with Crippen molar-refractivity contribution in [3.05, 3.63) is 34.9 Å². The van der Waals surface area contributed by atoms with Gasteiger partial charge < -0.3 is 0 Å². The van der Waals surface area contributed by atoms with E-state index in [1.54, 1.807) is 0 Å². The monoisotopic (exact) mass is 188 g/mol. The first-order valence-electron chi connectivity index (χ1n) is 5.28. The van der Waals surface area contributed by atoms with Gasteiger partial charge in [0.2, 0.25) is 0 Å². The van der Waals surface area contributed by atoms with Crippen molar-refractivity contribution in [3.8, 4) is 0 Å². The van der Waals surface area contributed by atoms with Crippen LogP contribution in [0.4, 0.5) is 0 Å². The molecule has 0 bridgehead atoms. The quantitative estimate of drug-likeness (QED) is 0.652. The van der Waals surface area contributed by atoms with Crippen LogP contribution in [0.2, 0.25) is 0 Å². The third-order valence-electron chi connectivity index (χ3n) is 3.65. The molecule has 0 saturated heterocycles. The highest BCUT2D eigenvalue weighted by atomic mass is 16.1. The second kappa shape index (κ2) is 3.23. The number of aldehydes is 1. The fourth-order valence-electron chi connectivity index (χ4n) is 2.36. The Morgan fingerprint density at radius 3 is 2.93 bits per heavy atom. The molecule has 1 aromatic rings. The molecular formula is C13H16O. The molecule has 0 heterocycles. The molecular weight excluding hydrogens is 172 g/mol. The van der Waals surface area contributed by atoms with E-state index in [2.05, 4.69) is 26.0 Å². The summed E-state index contributed by atoms with van der Waals surface area (Å²) in [7, 11) is 0. The lowest BCUT2D eigenvalue weighted by molar-refractivity contribution is 0.112. The average Bonchev–Trinajstić information content (AvgIpc) is 2.57. The third kappa shape index (κ3) is 1.28. The Kier molecular flexibility index (Phi) is 2.18. The van der Waals surface area contributed by atoms with E-state index in [4.69, 9.17) is 0 Å². The zero-order valence-electron chi connectivity index (χ0n) is 8.84. The fourth-order valence-corrected chi connectivity index (χ4v) is 2.36. The molecule has 74 valence electrons. The first-order valence-corrected chi connectivity index (χ1v) is 5.28. The van der Waals surface area contributed by atoms with Crippen LogP contribution >= 0.6 is 0 Å². The van der Waals surface area contributed by atoms with Gasteiger partial charge in [0, 0.05) is 5.56 Å². The van der Waals surface area contributed by atoms with Crippen molar-refractivity contribution >= 4 is 6.29 Å². The van der Waals surface area contributed by atoms with Crippen molar-refractivity contribution < 1.29 is 4.79 Å². The largest absolute Gasteiger partial charge is 0.298 e. The van der Waals surface area contributed by atoms with Crippen LogP contribution in [-0.2, 0) is 11.8 Å². The van der Waals surface area contributed by atoms with Crippen LogP contribution in [0.1, 0.15) is 48.2 Å². The second-order valence-electron chi connectivity index (χ2n) is 4.45. The highest BCUT2D eigenvalue weighted by Crippen LogP contribution is 2.41. The van der Waals surface area contributed by atoms with Crippen molar-refractivity contribution in [2.24, 2.45) is 0 Å². The fraction of sp³-hybridized carbons (Fsp3) is 0.462. The van der Waals surface area contributed by atoms with Crippen molar-refractivity contribution in [3.63, 3.8) is 0 Å². The zero-order chi connectivity index (χ0) is 10.2. The highest BCUT2D eigenvalue weighted by molar-refractivity contribution is 5.75. The van der Waals surface area contributed by atoms with Gasteiger partial charge in [0.15, 0.2) is 0 Å². The smallest absolute Gasteiger partial charge is 0.150 e. The van der Waals surface area contributed by atoms with E-state index in [1.807, 2.05) is 6.07 Å². The van der Waals surface area contributed by atoms with Gasteiger partial charge in [0.1, 0.15) is 6.29 Å². The van der Waals surface area contributed by atoms with Gasteiger partial charge in [-0.15, -0.1) is 0 Å². The average molecular weight is 188 g/mol. The number of benzene rings is 1. The van der Waals surface area contributed by atoms with Gasteiger partial charge in [-0.25, -0.2) is 0 Å². The number of hydrogen-bond acceptors (Lipinski definition) is 1. The van der Waals surface area contributed by atoms with Crippen LogP contribution in [0.5, 0.6) is 0 Å². The van der Waals surface area contributed by atoms with Crippen molar-refractivity contribution in [2.75, 3.05) is 0 Å². The van der Waals surface area contributed by atoms with Gasteiger partial charge >= 0.3 is 0 Å². The van der Waals surface area contributed by atoms with Crippen molar-refractivity contribution in [1.82, 2.24) is 0 Å². The predicted molar refractivity (Wildman–Crippen MR) is 57.8 cm³/mol. The van der Waals surface area contributed by atoms with E-state index < -0.39 is 0 Å². The second-order valence-corrected chi connectivity index (χ2v) is 4.45. The van der Waals surface area contributed by atoms with E-state index in [0.29, 0.717) is 5.41 Å². The summed E-state index contributed by atoms with van der Waals surface area (Å²) in [6, 6.07) is 6.10. The van der Waals surface area contributed by atoms with E-state index in [-0.39, 0.29) is 0 Å². The van der Waals surface area contributed by atoms with Crippen molar-refractivity contribution in [1.29, 1.82) is 0 Å². The summed E-state index contributed by atoms with van der Waals surface area (Å²) < 4.78 is 0. The molecule has 0 N–H and O–H groups in total. The van der Waals surface area contributed by atoms with Gasteiger partial charge in [0.05, 0.1) is 0 Å². The number of rotatable bonds is 2. The maximum atomic E-state index is 10.7. The summed E-state index contributed by atoms with van der Waals surface area (Å²) in [6.07, 6.45) is 4.48. The molecule has 1 unspecified atom stereocenters. The molecule has 2 rings (SSSR count). The lowest BCUT2D eigenvalue weighted by Gasteiger charge is -2.23. The summed E-state index contributed by atoms with van der Waals surface area (Å²) in [5.74, 6) is 0. The molecule has 0 spiro atoms. The van der Waals surface area contributed by atoms with Gasteiger partial charge in [-0.2, -0.15) is 0 Å². The van der Waals surface area contributed by atoms with Crippen LogP contribution in [-0.4, -0.2) is 6.29 Å². The minimum Gasteiger partial charge on any atom is -0.298 e.